The Morgan fingerprint density at radius 3 is 2.33 bits per heavy atom. The summed E-state index contributed by atoms with van der Waals surface area (Å²) in [7, 11) is 0. The highest BCUT2D eigenvalue weighted by molar-refractivity contribution is 7.99. The number of carbonyl (C=O) groups excluding carboxylic acids is 2. The standard InChI is InChI=1S/C32H32N6O3S/c1-20-16-32(28(40)36-30(41)37-32)19-31(2,3)38(20)27-23-12-6-7-13-24(23)34-29(35-27)33-17-21-10-4-8-14-25(21)42-26-15-9-5-11-22(26)18-39/h4-15,39H,1,16-19H2,2-3H3,(H,33,34,35)(H2,36,37,40,41). The van der Waals surface area contributed by atoms with Gasteiger partial charge in [0.2, 0.25) is 5.95 Å². The van der Waals surface area contributed by atoms with Gasteiger partial charge in [0, 0.05) is 45.8 Å². The third kappa shape index (κ3) is 5.08. The first-order valence-corrected chi connectivity index (χ1v) is 14.6. The third-order valence-corrected chi connectivity index (χ3v) is 8.98. The van der Waals surface area contributed by atoms with Crippen LogP contribution >= 0.6 is 11.8 Å². The van der Waals surface area contributed by atoms with Crippen LogP contribution in [-0.2, 0) is 17.9 Å². The maximum atomic E-state index is 12.8. The average Bonchev–Trinajstić information content (AvgIpc) is 3.22. The number of carbonyl (C=O) groups is 2. The zero-order valence-electron chi connectivity index (χ0n) is 23.5. The number of para-hydroxylation sites is 1. The molecule has 42 heavy (non-hydrogen) atoms. The maximum absolute atomic E-state index is 12.8. The lowest BCUT2D eigenvalue weighted by atomic mass is 9.75. The first-order chi connectivity index (χ1) is 20.2. The number of amides is 3. The number of nitrogens with one attached hydrogen (secondary N) is 3. The van der Waals surface area contributed by atoms with Crippen molar-refractivity contribution in [1.82, 2.24) is 20.6 Å². The van der Waals surface area contributed by atoms with Crippen molar-refractivity contribution in [2.24, 2.45) is 0 Å². The predicted octanol–water partition coefficient (Wildman–Crippen LogP) is 5.36. The second-order valence-corrected chi connectivity index (χ2v) is 12.4. The zero-order valence-corrected chi connectivity index (χ0v) is 24.3. The molecule has 4 aromatic rings. The minimum Gasteiger partial charge on any atom is -0.392 e. The number of anilines is 2. The van der Waals surface area contributed by atoms with Crippen molar-refractivity contribution < 1.29 is 14.7 Å². The molecule has 2 aliphatic heterocycles. The molecule has 2 fully saturated rings. The normalized spacial score (nSPS) is 19.7. The minimum absolute atomic E-state index is 0.0202. The predicted molar refractivity (Wildman–Crippen MR) is 164 cm³/mol. The number of benzene rings is 3. The molecule has 1 unspecified atom stereocenters. The van der Waals surface area contributed by atoms with Gasteiger partial charge in [0.25, 0.3) is 5.91 Å². The first kappa shape index (κ1) is 27.7. The van der Waals surface area contributed by atoms with Gasteiger partial charge in [0.1, 0.15) is 11.4 Å². The number of hydrogen-bond acceptors (Lipinski definition) is 8. The van der Waals surface area contributed by atoms with Crippen molar-refractivity contribution >= 4 is 46.4 Å². The Labute approximate surface area is 248 Å². The van der Waals surface area contributed by atoms with Crippen LogP contribution in [0.1, 0.15) is 37.8 Å². The van der Waals surface area contributed by atoms with Crippen LogP contribution in [-0.4, -0.2) is 38.1 Å². The molecule has 1 atom stereocenters. The molecule has 1 spiro atoms. The second-order valence-electron chi connectivity index (χ2n) is 11.3. The smallest absolute Gasteiger partial charge is 0.322 e. The highest BCUT2D eigenvalue weighted by atomic mass is 32.2. The van der Waals surface area contributed by atoms with Crippen LogP contribution in [0.15, 0.2) is 94.9 Å². The number of hydrogen-bond donors (Lipinski definition) is 4. The molecule has 0 bridgehead atoms. The van der Waals surface area contributed by atoms with Gasteiger partial charge in [-0.3, -0.25) is 10.1 Å². The van der Waals surface area contributed by atoms with Gasteiger partial charge in [-0.05, 0) is 49.2 Å². The molecule has 3 aromatic carbocycles. The Bertz CT molecular complexity index is 1720. The Hall–Kier alpha value is -4.41. The molecule has 0 radical (unpaired) electrons. The number of imide groups is 1. The van der Waals surface area contributed by atoms with E-state index in [1.54, 1.807) is 11.8 Å². The van der Waals surface area contributed by atoms with E-state index in [0.717, 1.165) is 31.8 Å². The average molecular weight is 581 g/mol. The van der Waals surface area contributed by atoms with E-state index >= 15 is 0 Å². The van der Waals surface area contributed by atoms with Gasteiger partial charge in [-0.15, -0.1) is 0 Å². The van der Waals surface area contributed by atoms with Gasteiger partial charge < -0.3 is 20.6 Å². The molecule has 3 amide bonds. The molecule has 4 N–H and O–H groups in total. The van der Waals surface area contributed by atoms with Crippen molar-refractivity contribution in [2.75, 3.05) is 10.2 Å². The summed E-state index contributed by atoms with van der Waals surface area (Å²) in [6, 6.07) is 23.3. The van der Waals surface area contributed by atoms with Crippen LogP contribution in [0, 0.1) is 0 Å². The van der Waals surface area contributed by atoms with Gasteiger partial charge in [0.05, 0.1) is 12.1 Å². The number of nitrogens with zero attached hydrogens (tertiary/aromatic N) is 3. The van der Waals surface area contributed by atoms with Crippen molar-refractivity contribution in [3.05, 3.63) is 96.2 Å². The van der Waals surface area contributed by atoms with Crippen molar-refractivity contribution in [1.29, 1.82) is 0 Å². The highest BCUT2D eigenvalue weighted by Gasteiger charge is 2.55. The van der Waals surface area contributed by atoms with E-state index in [0.29, 0.717) is 30.4 Å². The Balaban J connectivity index is 1.31. The molecule has 6 rings (SSSR count). The summed E-state index contributed by atoms with van der Waals surface area (Å²) < 4.78 is 0. The number of piperidine rings is 1. The van der Waals surface area contributed by atoms with E-state index in [1.165, 1.54) is 0 Å². The van der Waals surface area contributed by atoms with Gasteiger partial charge in [-0.1, -0.05) is 66.9 Å². The maximum Gasteiger partial charge on any atom is 0.322 e. The Morgan fingerprint density at radius 2 is 1.64 bits per heavy atom. The molecule has 3 heterocycles. The lowest BCUT2D eigenvalue weighted by molar-refractivity contribution is -0.125. The molecule has 10 heteroatoms. The number of fused-ring (bicyclic) bond motifs is 1. The van der Waals surface area contributed by atoms with Gasteiger partial charge in [-0.2, -0.15) is 4.98 Å². The zero-order chi connectivity index (χ0) is 29.5. The monoisotopic (exact) mass is 580 g/mol. The molecule has 214 valence electrons. The summed E-state index contributed by atoms with van der Waals surface area (Å²) in [5.41, 5.74) is 1.79. The Kier molecular flexibility index (Phi) is 7.12. The van der Waals surface area contributed by atoms with E-state index in [1.807, 2.05) is 74.5 Å². The molecule has 2 saturated heterocycles. The van der Waals surface area contributed by atoms with Crippen LogP contribution in [0.2, 0.25) is 0 Å². The molecule has 2 aliphatic rings. The number of aliphatic hydroxyl groups is 1. The van der Waals surface area contributed by atoms with E-state index < -0.39 is 17.1 Å². The van der Waals surface area contributed by atoms with E-state index in [9.17, 15) is 14.7 Å². The van der Waals surface area contributed by atoms with Gasteiger partial charge in [0.15, 0.2) is 0 Å². The fourth-order valence-corrected chi connectivity index (χ4v) is 7.10. The SMILES string of the molecule is C=C1CC2(CC(C)(C)N1c1nc(NCc3ccccc3Sc3ccccc3CO)nc3ccccc13)NC(=O)NC2=O. The van der Waals surface area contributed by atoms with Gasteiger partial charge >= 0.3 is 6.03 Å². The second kappa shape index (κ2) is 10.8. The number of urea groups is 1. The van der Waals surface area contributed by atoms with Crippen molar-refractivity contribution in [3.8, 4) is 0 Å². The largest absolute Gasteiger partial charge is 0.392 e. The molecule has 0 saturated carbocycles. The van der Waals surface area contributed by atoms with Gasteiger partial charge in [-0.25, -0.2) is 9.78 Å². The first-order valence-electron chi connectivity index (χ1n) is 13.8. The van der Waals surface area contributed by atoms with Crippen LogP contribution in [0.4, 0.5) is 16.6 Å². The van der Waals surface area contributed by atoms with E-state index in [4.69, 9.17) is 9.97 Å². The van der Waals surface area contributed by atoms with Crippen LogP contribution in [0.5, 0.6) is 0 Å². The molecular weight excluding hydrogens is 548 g/mol. The molecule has 1 aromatic heterocycles. The van der Waals surface area contributed by atoms with Crippen LogP contribution < -0.4 is 20.9 Å². The molecule has 9 nitrogen and oxygen atoms in total. The summed E-state index contributed by atoms with van der Waals surface area (Å²) in [5.74, 6) is 0.835. The number of rotatable bonds is 7. The van der Waals surface area contributed by atoms with E-state index in [-0.39, 0.29) is 18.9 Å². The fourth-order valence-electron chi connectivity index (χ4n) is 6.03. The summed E-state index contributed by atoms with van der Waals surface area (Å²) in [4.78, 5) is 38.8. The highest BCUT2D eigenvalue weighted by Crippen LogP contribution is 2.45. The molecular formula is C32H32N6O3S. The third-order valence-electron chi connectivity index (χ3n) is 7.74. The number of aliphatic hydroxyl groups excluding tert-OH is 1. The molecule has 0 aliphatic carbocycles. The van der Waals surface area contributed by atoms with E-state index in [2.05, 4.69) is 39.6 Å². The van der Waals surface area contributed by atoms with Crippen LogP contribution in [0.3, 0.4) is 0 Å². The quantitative estimate of drug-likeness (QED) is 0.216. The summed E-state index contributed by atoms with van der Waals surface area (Å²) in [6.45, 7) is 8.86. The number of aromatic nitrogens is 2. The summed E-state index contributed by atoms with van der Waals surface area (Å²) >= 11 is 1.62. The van der Waals surface area contributed by atoms with Crippen molar-refractivity contribution in [2.45, 2.75) is 60.7 Å². The summed E-state index contributed by atoms with van der Waals surface area (Å²) in [6.07, 6.45) is 0.659. The summed E-state index contributed by atoms with van der Waals surface area (Å²) in [5, 5.41) is 19.3. The van der Waals surface area contributed by atoms with Crippen LogP contribution in [0.25, 0.3) is 10.9 Å². The fraction of sp³-hybridized carbons (Fsp3) is 0.250. The van der Waals surface area contributed by atoms with Crippen molar-refractivity contribution in [3.63, 3.8) is 0 Å². The topological polar surface area (TPSA) is 119 Å². The lowest BCUT2D eigenvalue weighted by Gasteiger charge is -2.50. The Morgan fingerprint density at radius 1 is 0.976 bits per heavy atom. The lowest BCUT2D eigenvalue weighted by Crippen LogP contribution is -2.61. The minimum atomic E-state index is -1.03.